The second-order valence-corrected chi connectivity index (χ2v) is 8.89. The Balaban J connectivity index is 1.34. The van der Waals surface area contributed by atoms with E-state index in [9.17, 15) is 14.4 Å². The van der Waals surface area contributed by atoms with Crippen LogP contribution in [-0.2, 0) is 16.0 Å². The van der Waals surface area contributed by atoms with E-state index < -0.39 is 5.91 Å². The molecule has 2 amide bonds. The van der Waals surface area contributed by atoms with Gasteiger partial charge in [-0.3, -0.25) is 19.8 Å². The number of benzene rings is 2. The molecule has 2 aromatic heterocycles. The van der Waals surface area contributed by atoms with Gasteiger partial charge >= 0.3 is 0 Å². The van der Waals surface area contributed by atoms with Crippen LogP contribution >= 0.6 is 11.3 Å². The molecule has 3 heterocycles. The number of amides is 2. The molecule has 1 aliphatic heterocycles. The number of ether oxygens (including phenoxy) is 1. The second-order valence-electron chi connectivity index (χ2n) is 7.69. The van der Waals surface area contributed by atoms with Crippen LogP contribution < -0.4 is 21.0 Å². The molecular formula is C24H20N4O4S. The van der Waals surface area contributed by atoms with Crippen LogP contribution in [0.3, 0.4) is 0 Å². The van der Waals surface area contributed by atoms with E-state index in [0.29, 0.717) is 28.8 Å². The Morgan fingerprint density at radius 1 is 1.18 bits per heavy atom. The van der Waals surface area contributed by atoms with E-state index in [1.54, 1.807) is 12.1 Å². The van der Waals surface area contributed by atoms with Crippen LogP contribution in [0.15, 0.2) is 59.7 Å². The predicted octanol–water partition coefficient (Wildman–Crippen LogP) is 3.47. The molecule has 1 aliphatic rings. The Hall–Kier alpha value is -3.98. The van der Waals surface area contributed by atoms with Crippen molar-refractivity contribution in [1.29, 1.82) is 0 Å². The number of aromatic nitrogens is 2. The van der Waals surface area contributed by atoms with Crippen molar-refractivity contribution in [2.75, 3.05) is 17.3 Å². The lowest BCUT2D eigenvalue weighted by molar-refractivity contribution is -0.119. The minimum absolute atomic E-state index is 0.0113. The minimum Gasteiger partial charge on any atom is -0.484 e. The highest BCUT2D eigenvalue weighted by Crippen LogP contribution is 2.35. The van der Waals surface area contributed by atoms with Crippen molar-refractivity contribution in [2.45, 2.75) is 19.8 Å². The number of nitrogens with one attached hydrogen (secondary N) is 2. The molecule has 0 radical (unpaired) electrons. The van der Waals surface area contributed by atoms with Crippen molar-refractivity contribution >= 4 is 39.1 Å². The molecule has 0 atom stereocenters. The van der Waals surface area contributed by atoms with Gasteiger partial charge in [-0.1, -0.05) is 30.3 Å². The number of hydrogen-bond donors (Lipinski definition) is 2. The van der Waals surface area contributed by atoms with Crippen molar-refractivity contribution in [3.63, 3.8) is 0 Å². The Morgan fingerprint density at radius 2 is 2.00 bits per heavy atom. The van der Waals surface area contributed by atoms with Crippen LogP contribution in [0.25, 0.3) is 21.3 Å². The summed E-state index contributed by atoms with van der Waals surface area (Å²) in [6.07, 6.45) is 2.35. The van der Waals surface area contributed by atoms with Crippen molar-refractivity contribution in [3.8, 4) is 16.9 Å². The molecule has 9 heteroatoms. The van der Waals surface area contributed by atoms with Crippen LogP contribution in [0.5, 0.6) is 5.75 Å². The van der Waals surface area contributed by atoms with E-state index >= 15 is 0 Å². The van der Waals surface area contributed by atoms with Gasteiger partial charge in [0, 0.05) is 22.5 Å². The summed E-state index contributed by atoms with van der Waals surface area (Å²) in [5.74, 6) is 0.0149. The zero-order chi connectivity index (χ0) is 22.9. The summed E-state index contributed by atoms with van der Waals surface area (Å²) in [6, 6.07) is 14.9. The summed E-state index contributed by atoms with van der Waals surface area (Å²) in [7, 11) is 0. The SMILES string of the molecule is Cc1sc2ncn(NC(=O)COc3ccc4c(c3)CCC(=O)N4)c(=O)c2c1-c1ccccc1. The maximum absolute atomic E-state index is 13.2. The van der Waals surface area contributed by atoms with Gasteiger partial charge in [0.05, 0.1) is 5.39 Å². The van der Waals surface area contributed by atoms with E-state index in [1.165, 1.54) is 17.7 Å². The molecule has 0 fully saturated rings. The topological polar surface area (TPSA) is 102 Å². The summed E-state index contributed by atoms with van der Waals surface area (Å²) >= 11 is 1.45. The van der Waals surface area contributed by atoms with Gasteiger partial charge in [-0.05, 0) is 42.7 Å². The van der Waals surface area contributed by atoms with Crippen LogP contribution in [-0.4, -0.2) is 28.1 Å². The first-order valence-electron chi connectivity index (χ1n) is 10.4. The van der Waals surface area contributed by atoms with E-state index in [4.69, 9.17) is 4.74 Å². The quantitative estimate of drug-likeness (QED) is 0.475. The van der Waals surface area contributed by atoms with Crippen molar-refractivity contribution < 1.29 is 14.3 Å². The van der Waals surface area contributed by atoms with Gasteiger partial charge < -0.3 is 10.1 Å². The predicted molar refractivity (Wildman–Crippen MR) is 127 cm³/mol. The lowest BCUT2D eigenvalue weighted by Crippen LogP contribution is -2.35. The van der Waals surface area contributed by atoms with Crippen molar-refractivity contribution in [1.82, 2.24) is 9.66 Å². The fraction of sp³-hybridized carbons (Fsp3) is 0.167. The molecule has 0 saturated heterocycles. The summed E-state index contributed by atoms with van der Waals surface area (Å²) in [4.78, 5) is 43.1. The normalized spacial score (nSPS) is 12.8. The Bertz CT molecular complexity index is 1440. The summed E-state index contributed by atoms with van der Waals surface area (Å²) < 4.78 is 6.69. The average Bonchev–Trinajstić information content (AvgIpc) is 3.16. The molecule has 0 saturated carbocycles. The van der Waals surface area contributed by atoms with E-state index in [-0.39, 0.29) is 18.1 Å². The first kappa shape index (κ1) is 20.9. The molecule has 166 valence electrons. The lowest BCUT2D eigenvalue weighted by atomic mass is 10.0. The van der Waals surface area contributed by atoms with Gasteiger partial charge in [-0.25, -0.2) is 9.66 Å². The van der Waals surface area contributed by atoms with Gasteiger partial charge in [0.2, 0.25) is 5.91 Å². The standard InChI is InChI=1S/C24H20N4O4S/c1-14-21(15-5-3-2-4-6-15)22-23(33-14)25-13-28(24(22)31)27-20(30)12-32-17-8-9-18-16(11-17)7-10-19(29)26-18/h2-6,8-9,11,13H,7,10,12H2,1H3,(H,26,29)(H,27,30). The zero-order valence-corrected chi connectivity index (χ0v) is 18.6. The third-order valence-electron chi connectivity index (χ3n) is 5.44. The maximum atomic E-state index is 13.2. The fourth-order valence-electron chi connectivity index (χ4n) is 3.90. The van der Waals surface area contributed by atoms with E-state index in [2.05, 4.69) is 15.7 Å². The van der Waals surface area contributed by atoms with Crippen LogP contribution in [0.2, 0.25) is 0 Å². The highest BCUT2D eigenvalue weighted by Gasteiger charge is 2.18. The first-order chi connectivity index (χ1) is 16.0. The van der Waals surface area contributed by atoms with Gasteiger partial charge in [0.1, 0.15) is 16.9 Å². The minimum atomic E-state index is -0.488. The van der Waals surface area contributed by atoms with Crippen LogP contribution in [0, 0.1) is 6.92 Å². The Kier molecular flexibility index (Phi) is 5.39. The van der Waals surface area contributed by atoms with Crippen molar-refractivity contribution in [3.05, 3.63) is 75.7 Å². The molecule has 33 heavy (non-hydrogen) atoms. The summed E-state index contributed by atoms with van der Waals surface area (Å²) in [6.45, 7) is 1.68. The molecule has 8 nitrogen and oxygen atoms in total. The lowest BCUT2D eigenvalue weighted by Gasteiger charge is -2.17. The molecule has 0 spiro atoms. The number of nitrogens with zero attached hydrogens (tertiary/aromatic N) is 2. The number of carbonyl (C=O) groups is 2. The Labute approximate surface area is 192 Å². The number of aryl methyl sites for hydroxylation is 2. The molecule has 0 unspecified atom stereocenters. The highest BCUT2D eigenvalue weighted by atomic mass is 32.1. The third-order valence-corrected chi connectivity index (χ3v) is 6.45. The fourth-order valence-corrected chi connectivity index (χ4v) is 4.90. The van der Waals surface area contributed by atoms with Gasteiger partial charge in [-0.2, -0.15) is 0 Å². The Morgan fingerprint density at radius 3 is 2.82 bits per heavy atom. The monoisotopic (exact) mass is 460 g/mol. The molecule has 4 aromatic rings. The highest BCUT2D eigenvalue weighted by molar-refractivity contribution is 7.19. The second kappa shape index (κ2) is 8.51. The molecule has 2 aromatic carbocycles. The van der Waals surface area contributed by atoms with Gasteiger partial charge in [0.25, 0.3) is 11.5 Å². The van der Waals surface area contributed by atoms with E-state index in [0.717, 1.165) is 31.9 Å². The summed E-state index contributed by atoms with van der Waals surface area (Å²) in [5.41, 5.74) is 5.68. The number of anilines is 1. The molecule has 0 aliphatic carbocycles. The molecular weight excluding hydrogens is 440 g/mol. The third kappa shape index (κ3) is 4.10. The molecule has 0 bridgehead atoms. The number of rotatable bonds is 5. The number of fused-ring (bicyclic) bond motifs is 2. The van der Waals surface area contributed by atoms with E-state index in [1.807, 2.05) is 43.3 Å². The average molecular weight is 461 g/mol. The van der Waals surface area contributed by atoms with Crippen LogP contribution in [0.4, 0.5) is 5.69 Å². The van der Waals surface area contributed by atoms with Crippen LogP contribution in [0.1, 0.15) is 16.9 Å². The number of thiophene rings is 1. The molecule has 2 N–H and O–H groups in total. The number of carbonyl (C=O) groups excluding carboxylic acids is 2. The largest absolute Gasteiger partial charge is 0.484 e. The van der Waals surface area contributed by atoms with Gasteiger partial charge in [-0.15, -0.1) is 11.3 Å². The van der Waals surface area contributed by atoms with Gasteiger partial charge in [0.15, 0.2) is 6.61 Å². The zero-order valence-electron chi connectivity index (χ0n) is 17.8. The molecule has 5 rings (SSSR count). The first-order valence-corrected chi connectivity index (χ1v) is 11.2. The summed E-state index contributed by atoms with van der Waals surface area (Å²) in [5, 5.41) is 3.28. The maximum Gasteiger partial charge on any atom is 0.281 e. The number of hydrogen-bond acceptors (Lipinski definition) is 6. The van der Waals surface area contributed by atoms with Crippen molar-refractivity contribution in [2.24, 2.45) is 0 Å². The smallest absolute Gasteiger partial charge is 0.281 e.